The molecule has 20 heavy (non-hydrogen) atoms. The molecule has 2 aromatic rings. The minimum Gasteiger partial charge on any atom is -0.480 e. The zero-order valence-electron chi connectivity index (χ0n) is 10.2. The van der Waals surface area contributed by atoms with E-state index in [1.807, 2.05) is 24.3 Å². The molecule has 2 N–H and O–H groups in total. The first-order valence-corrected chi connectivity index (χ1v) is 6.84. The Morgan fingerprint density at radius 1 is 1.45 bits per heavy atom. The number of carboxylic acid groups (broad SMARTS) is 1. The number of carboxylic acids is 1. The molecule has 7 heteroatoms. The van der Waals surface area contributed by atoms with Crippen molar-refractivity contribution in [3.63, 3.8) is 0 Å². The number of para-hydroxylation sites is 1. The van der Waals surface area contributed by atoms with Crippen molar-refractivity contribution in [1.82, 2.24) is 9.97 Å². The van der Waals surface area contributed by atoms with Gasteiger partial charge in [0.05, 0.1) is 0 Å². The lowest BCUT2D eigenvalue weighted by atomic mass is 10.3. The van der Waals surface area contributed by atoms with Crippen LogP contribution in [0.1, 0.15) is 22.3 Å². The molecular formula is C13H10N2O4S. The monoisotopic (exact) mass is 290 g/mol. The number of ether oxygens (including phenoxy) is 1. The maximum absolute atomic E-state index is 11.6. The van der Waals surface area contributed by atoms with Crippen molar-refractivity contribution < 1.29 is 14.6 Å². The quantitative estimate of drug-likeness (QED) is 0.874. The standard InChI is InChI=1S/C13H10N2O4S/c16-12-7(13(17)18)5-14-11(15-12)9-6-20-10-4-2-1-3-8(10)19-9/h1-5,9H,6H2,(H,17,18)(H,14,15,16). The predicted molar refractivity (Wildman–Crippen MR) is 72.4 cm³/mol. The second-order valence-electron chi connectivity index (χ2n) is 4.18. The molecule has 0 radical (unpaired) electrons. The Balaban J connectivity index is 1.90. The third kappa shape index (κ3) is 2.27. The molecule has 0 amide bonds. The molecule has 1 aromatic carbocycles. The van der Waals surface area contributed by atoms with Crippen LogP contribution in [0.5, 0.6) is 5.75 Å². The summed E-state index contributed by atoms with van der Waals surface area (Å²) in [6.45, 7) is 0. The Labute approximate surface area is 117 Å². The van der Waals surface area contributed by atoms with Gasteiger partial charge in [-0.2, -0.15) is 0 Å². The van der Waals surface area contributed by atoms with E-state index in [4.69, 9.17) is 9.84 Å². The van der Waals surface area contributed by atoms with E-state index < -0.39 is 17.6 Å². The highest BCUT2D eigenvalue weighted by atomic mass is 32.2. The van der Waals surface area contributed by atoms with Crippen molar-refractivity contribution in [2.75, 3.05) is 5.75 Å². The van der Waals surface area contributed by atoms with Gasteiger partial charge in [0.2, 0.25) is 0 Å². The van der Waals surface area contributed by atoms with E-state index in [1.165, 1.54) is 0 Å². The summed E-state index contributed by atoms with van der Waals surface area (Å²) in [5.41, 5.74) is -1.05. The first-order chi connectivity index (χ1) is 9.65. The van der Waals surface area contributed by atoms with E-state index in [-0.39, 0.29) is 5.56 Å². The minimum absolute atomic E-state index is 0.335. The number of fused-ring (bicyclic) bond motifs is 1. The molecule has 0 bridgehead atoms. The minimum atomic E-state index is -1.30. The lowest BCUT2D eigenvalue weighted by Gasteiger charge is -2.24. The fourth-order valence-corrected chi connectivity index (χ4v) is 2.87. The number of aromatic nitrogens is 2. The smallest absolute Gasteiger partial charge is 0.342 e. The molecule has 1 atom stereocenters. The van der Waals surface area contributed by atoms with Crippen LogP contribution in [0.2, 0.25) is 0 Å². The van der Waals surface area contributed by atoms with Crippen LogP contribution in [0.4, 0.5) is 0 Å². The first-order valence-electron chi connectivity index (χ1n) is 5.86. The van der Waals surface area contributed by atoms with Gasteiger partial charge in [0, 0.05) is 16.8 Å². The van der Waals surface area contributed by atoms with Crippen LogP contribution < -0.4 is 10.3 Å². The molecule has 0 fully saturated rings. The van der Waals surface area contributed by atoms with E-state index in [1.54, 1.807) is 11.8 Å². The number of hydrogen-bond donors (Lipinski definition) is 2. The van der Waals surface area contributed by atoms with Gasteiger partial charge >= 0.3 is 5.97 Å². The van der Waals surface area contributed by atoms with Gasteiger partial charge in [0.1, 0.15) is 11.3 Å². The van der Waals surface area contributed by atoms with Crippen LogP contribution in [-0.2, 0) is 0 Å². The van der Waals surface area contributed by atoms with Gasteiger partial charge < -0.3 is 14.8 Å². The van der Waals surface area contributed by atoms with Crippen LogP contribution >= 0.6 is 11.8 Å². The van der Waals surface area contributed by atoms with E-state index in [0.717, 1.165) is 16.8 Å². The van der Waals surface area contributed by atoms with Crippen LogP contribution in [-0.4, -0.2) is 26.8 Å². The number of H-pyrrole nitrogens is 1. The summed E-state index contributed by atoms with van der Waals surface area (Å²) in [4.78, 5) is 29.9. The van der Waals surface area contributed by atoms with E-state index >= 15 is 0 Å². The molecule has 0 saturated carbocycles. The second kappa shape index (κ2) is 5.01. The molecule has 3 rings (SSSR count). The van der Waals surface area contributed by atoms with Gasteiger partial charge in [0.25, 0.3) is 5.56 Å². The average molecular weight is 290 g/mol. The summed E-state index contributed by atoms with van der Waals surface area (Å²) in [6.07, 6.45) is 0.663. The molecule has 1 aromatic heterocycles. The van der Waals surface area contributed by atoms with Crippen LogP contribution in [0.15, 0.2) is 40.2 Å². The fourth-order valence-electron chi connectivity index (χ4n) is 1.88. The van der Waals surface area contributed by atoms with Crippen LogP contribution in [0, 0.1) is 0 Å². The summed E-state index contributed by atoms with van der Waals surface area (Å²) in [5.74, 6) is 0.377. The van der Waals surface area contributed by atoms with Gasteiger partial charge in [-0.3, -0.25) is 4.79 Å². The maximum Gasteiger partial charge on any atom is 0.342 e. The van der Waals surface area contributed by atoms with Gasteiger partial charge in [0.15, 0.2) is 11.9 Å². The number of aromatic amines is 1. The number of rotatable bonds is 2. The number of thioether (sulfide) groups is 1. The third-order valence-corrected chi connectivity index (χ3v) is 3.98. The number of carbonyl (C=O) groups is 1. The van der Waals surface area contributed by atoms with Crippen molar-refractivity contribution in [1.29, 1.82) is 0 Å². The summed E-state index contributed by atoms with van der Waals surface area (Å²) >= 11 is 1.60. The Morgan fingerprint density at radius 3 is 3.00 bits per heavy atom. The number of nitrogens with one attached hydrogen (secondary N) is 1. The summed E-state index contributed by atoms with van der Waals surface area (Å²) in [5, 5.41) is 8.80. The summed E-state index contributed by atoms with van der Waals surface area (Å²) in [6, 6.07) is 7.60. The first kappa shape index (κ1) is 12.7. The molecule has 1 aliphatic rings. The van der Waals surface area contributed by atoms with Crippen molar-refractivity contribution in [3.05, 3.63) is 52.2 Å². The number of benzene rings is 1. The van der Waals surface area contributed by atoms with Gasteiger partial charge in [-0.1, -0.05) is 12.1 Å². The topological polar surface area (TPSA) is 92.3 Å². The molecule has 6 nitrogen and oxygen atoms in total. The van der Waals surface area contributed by atoms with E-state index in [0.29, 0.717) is 11.6 Å². The average Bonchev–Trinajstić information content (AvgIpc) is 2.46. The number of aromatic carboxylic acids is 1. The second-order valence-corrected chi connectivity index (χ2v) is 5.24. The Morgan fingerprint density at radius 2 is 2.25 bits per heavy atom. The highest BCUT2D eigenvalue weighted by molar-refractivity contribution is 7.99. The Hall–Kier alpha value is -2.28. The highest BCUT2D eigenvalue weighted by Gasteiger charge is 2.24. The van der Waals surface area contributed by atoms with Gasteiger partial charge in [-0.05, 0) is 12.1 Å². The number of hydrogen-bond acceptors (Lipinski definition) is 5. The largest absolute Gasteiger partial charge is 0.480 e. The SMILES string of the molecule is O=C(O)c1cnc(C2CSc3ccccc3O2)[nH]c1=O. The Bertz CT molecular complexity index is 728. The van der Waals surface area contributed by atoms with Crippen molar-refractivity contribution in [2.24, 2.45) is 0 Å². The van der Waals surface area contributed by atoms with Crippen molar-refractivity contribution >= 4 is 17.7 Å². The van der Waals surface area contributed by atoms with Crippen LogP contribution in [0.3, 0.4) is 0 Å². The molecule has 1 unspecified atom stereocenters. The molecule has 1 aliphatic heterocycles. The lowest BCUT2D eigenvalue weighted by Crippen LogP contribution is -2.25. The fraction of sp³-hybridized carbons (Fsp3) is 0.154. The summed E-state index contributed by atoms with van der Waals surface area (Å²) < 4.78 is 5.77. The maximum atomic E-state index is 11.6. The third-order valence-electron chi connectivity index (χ3n) is 2.86. The molecule has 0 spiro atoms. The predicted octanol–water partition coefficient (Wildman–Crippen LogP) is 1.69. The zero-order chi connectivity index (χ0) is 14.1. The Kier molecular flexibility index (Phi) is 3.19. The summed E-state index contributed by atoms with van der Waals surface area (Å²) in [7, 11) is 0. The molecular weight excluding hydrogens is 280 g/mol. The molecule has 0 saturated heterocycles. The zero-order valence-corrected chi connectivity index (χ0v) is 11.0. The number of nitrogens with zero attached hydrogens (tertiary/aromatic N) is 1. The lowest BCUT2D eigenvalue weighted by molar-refractivity contribution is 0.0694. The molecule has 2 heterocycles. The van der Waals surface area contributed by atoms with Crippen molar-refractivity contribution in [2.45, 2.75) is 11.0 Å². The van der Waals surface area contributed by atoms with Gasteiger partial charge in [-0.25, -0.2) is 9.78 Å². The van der Waals surface area contributed by atoms with E-state index in [9.17, 15) is 9.59 Å². The van der Waals surface area contributed by atoms with Gasteiger partial charge in [-0.15, -0.1) is 11.8 Å². The van der Waals surface area contributed by atoms with E-state index in [2.05, 4.69) is 9.97 Å². The molecule has 102 valence electrons. The van der Waals surface area contributed by atoms with Crippen molar-refractivity contribution in [3.8, 4) is 5.75 Å². The van der Waals surface area contributed by atoms with Crippen LogP contribution in [0.25, 0.3) is 0 Å². The highest BCUT2D eigenvalue weighted by Crippen LogP contribution is 2.39. The molecule has 0 aliphatic carbocycles. The normalized spacial score (nSPS) is 17.1.